The molecule has 1 aromatic carbocycles. The molecular formula is C20H34N2O3. The molecule has 1 aromatic rings. The SMILES string of the molecule is COc1cc(CN(C)C)ccc1OC[C@H](O)CN1CCCCCCC1. The van der Waals surface area contributed by atoms with Crippen LogP contribution < -0.4 is 9.47 Å². The van der Waals surface area contributed by atoms with Gasteiger partial charge in [0.25, 0.3) is 0 Å². The van der Waals surface area contributed by atoms with Crippen molar-refractivity contribution in [1.29, 1.82) is 0 Å². The van der Waals surface area contributed by atoms with Gasteiger partial charge in [-0.25, -0.2) is 0 Å². The maximum absolute atomic E-state index is 10.3. The largest absolute Gasteiger partial charge is 0.493 e. The second-order valence-corrected chi connectivity index (χ2v) is 7.26. The van der Waals surface area contributed by atoms with Gasteiger partial charge in [0.05, 0.1) is 7.11 Å². The summed E-state index contributed by atoms with van der Waals surface area (Å²) in [7, 11) is 5.73. The van der Waals surface area contributed by atoms with Crippen LogP contribution in [-0.4, -0.2) is 68.5 Å². The Morgan fingerprint density at radius 3 is 2.40 bits per heavy atom. The van der Waals surface area contributed by atoms with Crippen molar-refractivity contribution in [2.24, 2.45) is 0 Å². The molecule has 1 heterocycles. The molecule has 0 aromatic heterocycles. The van der Waals surface area contributed by atoms with E-state index in [1.165, 1.54) is 37.7 Å². The van der Waals surface area contributed by atoms with Crippen molar-refractivity contribution in [3.63, 3.8) is 0 Å². The van der Waals surface area contributed by atoms with Crippen molar-refractivity contribution in [2.45, 2.75) is 44.8 Å². The second-order valence-electron chi connectivity index (χ2n) is 7.26. The van der Waals surface area contributed by atoms with Gasteiger partial charge < -0.3 is 24.4 Å². The van der Waals surface area contributed by atoms with Gasteiger partial charge in [0, 0.05) is 13.1 Å². The lowest BCUT2D eigenvalue weighted by atomic mass is 10.1. The van der Waals surface area contributed by atoms with Crippen LogP contribution in [0.5, 0.6) is 11.5 Å². The summed E-state index contributed by atoms with van der Waals surface area (Å²) in [6.07, 6.45) is 5.94. The lowest BCUT2D eigenvalue weighted by molar-refractivity contribution is 0.0645. The predicted octanol–water partition coefficient (Wildman–Crippen LogP) is 2.76. The third kappa shape index (κ3) is 7.22. The number of aliphatic hydroxyl groups is 1. The van der Waals surface area contributed by atoms with E-state index in [9.17, 15) is 5.11 Å². The van der Waals surface area contributed by atoms with Crippen LogP contribution in [0.2, 0.25) is 0 Å². The number of benzene rings is 1. The summed E-state index contributed by atoms with van der Waals surface area (Å²) < 4.78 is 11.3. The molecule has 0 spiro atoms. The Balaban J connectivity index is 1.84. The molecule has 1 aliphatic heterocycles. The number of aliphatic hydroxyl groups excluding tert-OH is 1. The van der Waals surface area contributed by atoms with E-state index in [0.717, 1.165) is 25.4 Å². The Kier molecular flexibility index (Phi) is 8.52. The highest BCUT2D eigenvalue weighted by Crippen LogP contribution is 2.28. The van der Waals surface area contributed by atoms with Crippen LogP contribution in [0.3, 0.4) is 0 Å². The average molecular weight is 351 g/mol. The Bertz CT molecular complexity index is 500. The van der Waals surface area contributed by atoms with Crippen molar-refractivity contribution >= 4 is 0 Å². The number of methoxy groups -OCH3 is 1. The molecule has 0 unspecified atom stereocenters. The Labute approximate surface area is 152 Å². The predicted molar refractivity (Wildman–Crippen MR) is 101 cm³/mol. The fourth-order valence-corrected chi connectivity index (χ4v) is 3.33. The normalized spacial score (nSPS) is 17.8. The first kappa shape index (κ1) is 20.0. The number of ether oxygens (including phenoxy) is 2. The van der Waals surface area contributed by atoms with Crippen LogP contribution in [0.25, 0.3) is 0 Å². The van der Waals surface area contributed by atoms with Gasteiger partial charge in [0.1, 0.15) is 12.7 Å². The smallest absolute Gasteiger partial charge is 0.161 e. The monoisotopic (exact) mass is 350 g/mol. The lowest BCUT2D eigenvalue weighted by Gasteiger charge is -2.26. The maximum Gasteiger partial charge on any atom is 0.161 e. The van der Waals surface area contributed by atoms with Crippen molar-refractivity contribution in [1.82, 2.24) is 9.80 Å². The average Bonchev–Trinajstić information content (AvgIpc) is 2.55. The van der Waals surface area contributed by atoms with Crippen LogP contribution in [0.4, 0.5) is 0 Å². The van der Waals surface area contributed by atoms with Gasteiger partial charge in [-0.3, -0.25) is 0 Å². The van der Waals surface area contributed by atoms with E-state index in [-0.39, 0.29) is 0 Å². The van der Waals surface area contributed by atoms with Gasteiger partial charge in [0.2, 0.25) is 0 Å². The van der Waals surface area contributed by atoms with E-state index < -0.39 is 6.10 Å². The third-order valence-corrected chi connectivity index (χ3v) is 4.58. The van der Waals surface area contributed by atoms with E-state index in [1.54, 1.807) is 7.11 Å². The molecule has 1 saturated heterocycles. The van der Waals surface area contributed by atoms with Gasteiger partial charge in [-0.15, -0.1) is 0 Å². The topological polar surface area (TPSA) is 45.2 Å². The molecule has 0 amide bonds. The minimum absolute atomic E-state index is 0.292. The number of likely N-dealkylation sites (tertiary alicyclic amines) is 1. The minimum atomic E-state index is -0.481. The van der Waals surface area contributed by atoms with Crippen LogP contribution in [-0.2, 0) is 6.54 Å². The molecule has 0 aliphatic carbocycles. The van der Waals surface area contributed by atoms with E-state index in [4.69, 9.17) is 9.47 Å². The first-order valence-corrected chi connectivity index (χ1v) is 9.43. The van der Waals surface area contributed by atoms with Crippen LogP contribution in [0, 0.1) is 0 Å². The number of hydrogen-bond acceptors (Lipinski definition) is 5. The van der Waals surface area contributed by atoms with Gasteiger partial charge in [-0.2, -0.15) is 0 Å². The number of nitrogens with zero attached hydrogens (tertiary/aromatic N) is 2. The lowest BCUT2D eigenvalue weighted by Crippen LogP contribution is -2.37. The van der Waals surface area contributed by atoms with E-state index in [2.05, 4.69) is 9.80 Å². The summed E-state index contributed by atoms with van der Waals surface area (Å²) in [6, 6.07) is 5.98. The summed E-state index contributed by atoms with van der Waals surface area (Å²) in [6.45, 7) is 3.99. The Morgan fingerprint density at radius 1 is 1.08 bits per heavy atom. The first-order chi connectivity index (χ1) is 12.1. The quantitative estimate of drug-likeness (QED) is 0.781. The third-order valence-electron chi connectivity index (χ3n) is 4.58. The van der Waals surface area contributed by atoms with Crippen LogP contribution in [0.1, 0.15) is 37.7 Å². The summed E-state index contributed by atoms with van der Waals surface area (Å²) in [5.74, 6) is 1.41. The standard InChI is InChI=1S/C20H34N2O3/c1-21(2)14-17-9-10-19(20(13-17)24-3)25-16-18(23)15-22-11-7-5-4-6-8-12-22/h9-10,13,18,23H,4-8,11-12,14-16H2,1-3H3/t18-/m1/s1. The zero-order valence-corrected chi connectivity index (χ0v) is 16.0. The first-order valence-electron chi connectivity index (χ1n) is 9.43. The van der Waals surface area contributed by atoms with E-state index in [1.807, 2.05) is 32.3 Å². The van der Waals surface area contributed by atoms with Crippen molar-refractivity contribution < 1.29 is 14.6 Å². The van der Waals surface area contributed by atoms with Gasteiger partial charge in [-0.05, 0) is 57.7 Å². The highest BCUT2D eigenvalue weighted by Gasteiger charge is 2.15. The summed E-state index contributed by atoms with van der Waals surface area (Å²) in [5, 5.41) is 10.3. The molecule has 1 N–H and O–H groups in total. The van der Waals surface area contributed by atoms with Crippen molar-refractivity contribution in [3.05, 3.63) is 23.8 Å². The van der Waals surface area contributed by atoms with Gasteiger partial charge in [0.15, 0.2) is 11.5 Å². The van der Waals surface area contributed by atoms with Gasteiger partial charge in [-0.1, -0.05) is 25.3 Å². The molecule has 5 heteroatoms. The molecule has 0 bridgehead atoms. The molecule has 0 radical (unpaired) electrons. The molecule has 1 atom stereocenters. The molecule has 5 nitrogen and oxygen atoms in total. The Morgan fingerprint density at radius 2 is 1.76 bits per heavy atom. The number of β-amino-alcohol motifs (C(OH)–C–C–N with tert-alkyl or cyclic N) is 1. The summed E-state index contributed by atoms with van der Waals surface area (Å²) >= 11 is 0. The van der Waals surface area contributed by atoms with E-state index >= 15 is 0 Å². The molecule has 1 fully saturated rings. The zero-order valence-electron chi connectivity index (χ0n) is 16.0. The number of hydrogen-bond donors (Lipinski definition) is 1. The Hall–Kier alpha value is -1.30. The van der Waals surface area contributed by atoms with Crippen LogP contribution in [0.15, 0.2) is 18.2 Å². The zero-order chi connectivity index (χ0) is 18.1. The van der Waals surface area contributed by atoms with E-state index in [0.29, 0.717) is 18.9 Å². The molecule has 2 rings (SSSR count). The van der Waals surface area contributed by atoms with Gasteiger partial charge >= 0.3 is 0 Å². The molecular weight excluding hydrogens is 316 g/mol. The molecule has 142 valence electrons. The fraction of sp³-hybridized carbons (Fsp3) is 0.700. The number of rotatable bonds is 8. The fourth-order valence-electron chi connectivity index (χ4n) is 3.33. The van der Waals surface area contributed by atoms with Crippen molar-refractivity contribution in [2.75, 3.05) is 47.4 Å². The van der Waals surface area contributed by atoms with Crippen LogP contribution >= 0.6 is 0 Å². The summed E-state index contributed by atoms with van der Waals surface area (Å²) in [4.78, 5) is 4.48. The minimum Gasteiger partial charge on any atom is -0.493 e. The molecule has 25 heavy (non-hydrogen) atoms. The summed E-state index contributed by atoms with van der Waals surface area (Å²) in [5.41, 5.74) is 1.18. The van der Waals surface area contributed by atoms with Crippen molar-refractivity contribution in [3.8, 4) is 11.5 Å². The molecule has 0 saturated carbocycles. The molecule has 1 aliphatic rings. The highest BCUT2D eigenvalue weighted by molar-refractivity contribution is 5.43. The highest BCUT2D eigenvalue weighted by atomic mass is 16.5. The maximum atomic E-state index is 10.3. The second kappa shape index (κ2) is 10.6.